The van der Waals surface area contributed by atoms with Crippen LogP contribution in [0.2, 0.25) is 0 Å². The van der Waals surface area contributed by atoms with Crippen LogP contribution < -0.4 is 11.1 Å². The van der Waals surface area contributed by atoms with Gasteiger partial charge in [0.05, 0.1) is 39.1 Å². The Labute approximate surface area is 169 Å². The van der Waals surface area contributed by atoms with Gasteiger partial charge in [-0.15, -0.1) is 0 Å². The van der Waals surface area contributed by atoms with Crippen molar-refractivity contribution >= 4 is 11.8 Å². The third-order valence-corrected chi connectivity index (χ3v) is 3.81. The Morgan fingerprint density at radius 1 is 0.786 bits per heavy atom. The summed E-state index contributed by atoms with van der Waals surface area (Å²) in [4.78, 5) is 22.1. The zero-order valence-corrected chi connectivity index (χ0v) is 17.7. The van der Waals surface area contributed by atoms with E-state index in [0.29, 0.717) is 52.1 Å². The molecule has 2 amide bonds. The van der Waals surface area contributed by atoms with Crippen LogP contribution in [0.3, 0.4) is 0 Å². The Morgan fingerprint density at radius 3 is 2.00 bits per heavy atom. The molecule has 0 unspecified atom stereocenters. The normalized spacial score (nSPS) is 11.1. The first-order valence-corrected chi connectivity index (χ1v) is 10.4. The van der Waals surface area contributed by atoms with Gasteiger partial charge in [-0.1, -0.05) is 25.7 Å². The highest BCUT2D eigenvalue weighted by atomic mass is 16.5. The third kappa shape index (κ3) is 22.8. The molecule has 0 saturated carbocycles. The number of hydrogen-bond donors (Lipinski definition) is 2. The number of nitrogens with one attached hydrogen (secondary N) is 1. The van der Waals surface area contributed by atoms with E-state index in [1.807, 2.05) is 0 Å². The van der Waals surface area contributed by atoms with Crippen molar-refractivity contribution < 1.29 is 28.5 Å². The summed E-state index contributed by atoms with van der Waals surface area (Å²) in [6.45, 7) is 7.45. The van der Waals surface area contributed by atoms with Crippen molar-refractivity contribution in [3.63, 3.8) is 0 Å². The highest BCUT2D eigenvalue weighted by molar-refractivity contribution is 5.75. The minimum absolute atomic E-state index is 0.0804. The topological polar surface area (TPSA) is 109 Å². The third-order valence-electron chi connectivity index (χ3n) is 3.81. The monoisotopic (exact) mass is 404 g/mol. The number of carbonyl (C=O) groups excluding carboxylic acids is 2. The first-order chi connectivity index (χ1) is 13.5. The van der Waals surface area contributed by atoms with E-state index in [0.717, 1.165) is 25.9 Å². The fourth-order valence-corrected chi connectivity index (χ4v) is 2.38. The molecule has 0 aliphatic rings. The van der Waals surface area contributed by atoms with E-state index in [1.165, 1.54) is 19.3 Å². The van der Waals surface area contributed by atoms with E-state index >= 15 is 0 Å². The lowest BCUT2D eigenvalue weighted by atomic mass is 10.1. The largest absolute Gasteiger partial charge is 0.379 e. The summed E-state index contributed by atoms with van der Waals surface area (Å²) in [5.41, 5.74) is 4.93. The molecule has 0 spiro atoms. The molecule has 0 aliphatic carbocycles. The van der Waals surface area contributed by atoms with Crippen LogP contribution in [-0.4, -0.2) is 70.7 Å². The zero-order chi connectivity index (χ0) is 20.9. The molecule has 0 aromatic carbocycles. The van der Waals surface area contributed by atoms with Crippen molar-refractivity contribution in [2.75, 3.05) is 52.8 Å². The Balaban J connectivity index is 3.18. The molecule has 8 nitrogen and oxygen atoms in total. The average molecular weight is 405 g/mol. The van der Waals surface area contributed by atoms with Crippen LogP contribution in [0, 0.1) is 0 Å². The number of hydrogen-bond acceptors (Lipinski definition) is 6. The zero-order valence-electron chi connectivity index (χ0n) is 17.7. The molecule has 0 bridgehead atoms. The van der Waals surface area contributed by atoms with Gasteiger partial charge in [0.1, 0.15) is 6.61 Å². The van der Waals surface area contributed by atoms with Crippen LogP contribution in [0.25, 0.3) is 0 Å². The summed E-state index contributed by atoms with van der Waals surface area (Å²) in [6.07, 6.45) is 7.61. The Kier molecular flexibility index (Phi) is 19.6. The second kappa shape index (κ2) is 20.5. The SMILES string of the molecule is CC(C)OCCCCCCCCC(=O)NCCOCCOCCOCC(N)=O. The Morgan fingerprint density at radius 2 is 1.36 bits per heavy atom. The van der Waals surface area contributed by atoms with Crippen molar-refractivity contribution in [3.05, 3.63) is 0 Å². The van der Waals surface area contributed by atoms with Crippen LogP contribution in [0.15, 0.2) is 0 Å². The van der Waals surface area contributed by atoms with Gasteiger partial charge in [0.2, 0.25) is 11.8 Å². The molecule has 0 rings (SSSR count). The highest BCUT2D eigenvalue weighted by Gasteiger charge is 2.01. The second-order valence-corrected chi connectivity index (χ2v) is 6.88. The standard InChI is InChI=1S/C20H40N2O6/c1-18(2)28-11-8-6-4-3-5-7-9-20(24)22-10-12-25-13-14-26-15-16-27-17-19(21)23/h18H,3-17H2,1-2H3,(H2,21,23)(H,22,24). The van der Waals surface area contributed by atoms with E-state index in [-0.39, 0.29) is 12.5 Å². The van der Waals surface area contributed by atoms with E-state index < -0.39 is 5.91 Å². The van der Waals surface area contributed by atoms with Gasteiger partial charge in [-0.05, 0) is 26.7 Å². The molecule has 0 fully saturated rings. The van der Waals surface area contributed by atoms with Crippen molar-refractivity contribution in [2.24, 2.45) is 5.73 Å². The first-order valence-electron chi connectivity index (χ1n) is 10.4. The summed E-state index contributed by atoms with van der Waals surface area (Å²) in [5, 5.41) is 2.86. The maximum absolute atomic E-state index is 11.7. The van der Waals surface area contributed by atoms with E-state index in [9.17, 15) is 9.59 Å². The molecule has 0 aliphatic heterocycles. The number of amides is 2. The number of carbonyl (C=O) groups is 2. The number of ether oxygens (including phenoxy) is 4. The molecular formula is C20H40N2O6. The number of rotatable bonds is 21. The lowest BCUT2D eigenvalue weighted by Gasteiger charge is -2.08. The molecule has 0 aromatic rings. The Hall–Kier alpha value is -1.22. The second-order valence-electron chi connectivity index (χ2n) is 6.88. The van der Waals surface area contributed by atoms with Crippen molar-refractivity contribution in [2.45, 2.75) is 64.9 Å². The van der Waals surface area contributed by atoms with Crippen molar-refractivity contribution in [3.8, 4) is 0 Å². The minimum Gasteiger partial charge on any atom is -0.379 e. The molecule has 166 valence electrons. The van der Waals surface area contributed by atoms with Gasteiger partial charge in [0.25, 0.3) is 0 Å². The quantitative estimate of drug-likeness (QED) is 0.282. The predicted molar refractivity (Wildman–Crippen MR) is 108 cm³/mol. The highest BCUT2D eigenvalue weighted by Crippen LogP contribution is 2.07. The fourth-order valence-electron chi connectivity index (χ4n) is 2.38. The first kappa shape index (κ1) is 26.8. The molecular weight excluding hydrogens is 364 g/mol. The van der Waals surface area contributed by atoms with Gasteiger partial charge >= 0.3 is 0 Å². The van der Waals surface area contributed by atoms with Gasteiger partial charge in [-0.2, -0.15) is 0 Å². The summed E-state index contributed by atoms with van der Waals surface area (Å²) >= 11 is 0. The lowest BCUT2D eigenvalue weighted by Crippen LogP contribution is -2.27. The molecule has 28 heavy (non-hydrogen) atoms. The van der Waals surface area contributed by atoms with Crippen LogP contribution in [0.1, 0.15) is 58.8 Å². The van der Waals surface area contributed by atoms with Crippen LogP contribution in [0.5, 0.6) is 0 Å². The number of primary amides is 1. The summed E-state index contributed by atoms with van der Waals surface area (Å²) in [7, 11) is 0. The molecule has 0 aromatic heterocycles. The average Bonchev–Trinajstić information content (AvgIpc) is 2.64. The molecule has 8 heteroatoms. The van der Waals surface area contributed by atoms with Gasteiger partial charge in [0, 0.05) is 19.6 Å². The van der Waals surface area contributed by atoms with Gasteiger partial charge in [0.15, 0.2) is 0 Å². The fraction of sp³-hybridized carbons (Fsp3) is 0.900. The number of unbranched alkanes of at least 4 members (excludes halogenated alkanes) is 5. The summed E-state index contributed by atoms with van der Waals surface area (Å²) in [5.74, 6) is -0.412. The molecule has 3 N–H and O–H groups in total. The van der Waals surface area contributed by atoms with Crippen LogP contribution in [0.4, 0.5) is 0 Å². The molecule has 0 radical (unpaired) electrons. The smallest absolute Gasteiger partial charge is 0.243 e. The molecule has 0 saturated heterocycles. The van der Waals surface area contributed by atoms with Gasteiger partial charge in [-0.3, -0.25) is 9.59 Å². The molecule has 0 heterocycles. The predicted octanol–water partition coefficient (Wildman–Crippen LogP) is 1.79. The van der Waals surface area contributed by atoms with Crippen LogP contribution in [-0.2, 0) is 28.5 Å². The van der Waals surface area contributed by atoms with Crippen LogP contribution >= 0.6 is 0 Å². The summed E-state index contributed by atoms with van der Waals surface area (Å²) < 4.78 is 21.1. The van der Waals surface area contributed by atoms with E-state index in [4.69, 9.17) is 24.7 Å². The Bertz CT molecular complexity index is 380. The van der Waals surface area contributed by atoms with Crippen molar-refractivity contribution in [1.82, 2.24) is 5.32 Å². The number of nitrogens with two attached hydrogens (primary N) is 1. The molecule has 0 atom stereocenters. The van der Waals surface area contributed by atoms with Gasteiger partial charge in [-0.25, -0.2) is 0 Å². The van der Waals surface area contributed by atoms with Crippen molar-refractivity contribution in [1.29, 1.82) is 0 Å². The van der Waals surface area contributed by atoms with E-state index in [1.54, 1.807) is 0 Å². The maximum Gasteiger partial charge on any atom is 0.243 e. The maximum atomic E-state index is 11.7. The lowest BCUT2D eigenvalue weighted by molar-refractivity contribution is -0.123. The van der Waals surface area contributed by atoms with E-state index in [2.05, 4.69) is 19.2 Å². The summed E-state index contributed by atoms with van der Waals surface area (Å²) in [6, 6.07) is 0. The van der Waals surface area contributed by atoms with Gasteiger partial charge < -0.3 is 30.0 Å². The minimum atomic E-state index is -0.492.